The van der Waals surface area contributed by atoms with Crippen molar-refractivity contribution in [3.05, 3.63) is 0 Å². The molecule has 1 fully saturated rings. The first-order valence-electron chi connectivity index (χ1n) is 6.25. The van der Waals surface area contributed by atoms with Crippen LogP contribution in [-0.4, -0.2) is 61.3 Å². The molecular weight excluding hydrogens is 276 g/mol. The van der Waals surface area contributed by atoms with E-state index in [2.05, 4.69) is 0 Å². The number of alkyl halides is 1. The smallest absolute Gasteiger partial charge is 0.226 e. The maximum Gasteiger partial charge on any atom is 0.226 e. The van der Waals surface area contributed by atoms with Gasteiger partial charge in [0.25, 0.3) is 0 Å². The molecule has 1 heterocycles. The lowest BCUT2D eigenvalue weighted by molar-refractivity contribution is -0.135. The number of carbonyl (C=O) groups excluding carboxylic acids is 1. The standard InChI is InChI=1S/C11H21ClN2O3S/c1-3-8-18(16,17)14-6-4-13(5-7-14)11(15)10(2)9-12/h10H,3-9H2,1-2H3. The van der Waals surface area contributed by atoms with Gasteiger partial charge in [-0.2, -0.15) is 4.31 Å². The molecule has 1 amide bonds. The number of hydrogen-bond donors (Lipinski definition) is 0. The van der Waals surface area contributed by atoms with Gasteiger partial charge in [0.2, 0.25) is 15.9 Å². The summed E-state index contributed by atoms with van der Waals surface area (Å²) in [4.78, 5) is 13.6. The first-order chi connectivity index (χ1) is 8.42. The van der Waals surface area contributed by atoms with Crippen LogP contribution in [0.1, 0.15) is 20.3 Å². The van der Waals surface area contributed by atoms with Crippen molar-refractivity contribution >= 4 is 27.5 Å². The molecule has 0 bridgehead atoms. The lowest BCUT2D eigenvalue weighted by Crippen LogP contribution is -2.52. The topological polar surface area (TPSA) is 57.7 Å². The van der Waals surface area contributed by atoms with Crippen LogP contribution in [0.5, 0.6) is 0 Å². The van der Waals surface area contributed by atoms with Crippen LogP contribution in [0.15, 0.2) is 0 Å². The lowest BCUT2D eigenvalue weighted by Gasteiger charge is -2.35. The van der Waals surface area contributed by atoms with E-state index in [0.717, 1.165) is 0 Å². The van der Waals surface area contributed by atoms with E-state index in [4.69, 9.17) is 11.6 Å². The summed E-state index contributed by atoms with van der Waals surface area (Å²) in [5.74, 6) is 0.287. The molecule has 5 nitrogen and oxygen atoms in total. The second-order valence-electron chi connectivity index (χ2n) is 4.60. The van der Waals surface area contributed by atoms with Gasteiger partial charge in [-0.1, -0.05) is 13.8 Å². The highest BCUT2D eigenvalue weighted by molar-refractivity contribution is 7.89. The minimum atomic E-state index is -3.14. The number of piperazine rings is 1. The highest BCUT2D eigenvalue weighted by Gasteiger charge is 2.29. The van der Waals surface area contributed by atoms with Crippen molar-refractivity contribution < 1.29 is 13.2 Å². The van der Waals surface area contributed by atoms with Crippen molar-refractivity contribution in [3.63, 3.8) is 0 Å². The summed E-state index contributed by atoms with van der Waals surface area (Å²) in [5, 5.41) is 0. The Kier molecular flexibility index (Phi) is 5.88. The molecule has 0 aromatic rings. The molecule has 1 atom stereocenters. The summed E-state index contributed by atoms with van der Waals surface area (Å²) < 4.78 is 25.2. The van der Waals surface area contributed by atoms with Crippen molar-refractivity contribution in [2.24, 2.45) is 5.92 Å². The van der Waals surface area contributed by atoms with Crippen LogP contribution in [0.2, 0.25) is 0 Å². The van der Waals surface area contributed by atoms with E-state index >= 15 is 0 Å². The Labute approximate surface area is 114 Å². The molecule has 106 valence electrons. The molecule has 0 N–H and O–H groups in total. The summed E-state index contributed by atoms with van der Waals surface area (Å²) in [6.07, 6.45) is 0.616. The molecule has 7 heteroatoms. The van der Waals surface area contributed by atoms with Gasteiger partial charge in [0.15, 0.2) is 0 Å². The second-order valence-corrected chi connectivity index (χ2v) is 6.99. The maximum atomic E-state index is 11.9. The van der Waals surface area contributed by atoms with Crippen LogP contribution in [0.25, 0.3) is 0 Å². The molecule has 1 rings (SSSR count). The predicted molar refractivity (Wildman–Crippen MR) is 72.1 cm³/mol. The van der Waals surface area contributed by atoms with Gasteiger partial charge in [0, 0.05) is 38.0 Å². The molecule has 1 aliphatic heterocycles. The van der Waals surface area contributed by atoms with Gasteiger partial charge in [0.05, 0.1) is 5.75 Å². The average molecular weight is 297 g/mol. The Morgan fingerprint density at radius 2 is 1.83 bits per heavy atom. The Hall–Kier alpha value is -0.330. The van der Waals surface area contributed by atoms with Crippen LogP contribution in [0.3, 0.4) is 0 Å². The third kappa shape index (κ3) is 3.83. The number of nitrogens with zero attached hydrogens (tertiary/aromatic N) is 2. The Morgan fingerprint density at radius 1 is 1.28 bits per heavy atom. The fourth-order valence-electron chi connectivity index (χ4n) is 1.95. The normalized spacial score (nSPS) is 19.8. The lowest BCUT2D eigenvalue weighted by atomic mass is 10.2. The molecule has 0 aromatic heterocycles. The predicted octanol–water partition coefficient (Wildman–Crippen LogP) is 0.745. The quantitative estimate of drug-likeness (QED) is 0.703. The zero-order valence-corrected chi connectivity index (χ0v) is 12.5. The van der Waals surface area contributed by atoms with Crippen molar-refractivity contribution in [1.82, 2.24) is 9.21 Å². The molecule has 1 saturated heterocycles. The fraction of sp³-hybridized carbons (Fsp3) is 0.909. The van der Waals surface area contributed by atoms with E-state index in [1.165, 1.54) is 4.31 Å². The van der Waals surface area contributed by atoms with E-state index in [1.807, 2.05) is 6.92 Å². The SMILES string of the molecule is CCCS(=O)(=O)N1CCN(C(=O)C(C)CCl)CC1. The first-order valence-corrected chi connectivity index (χ1v) is 8.39. The van der Waals surface area contributed by atoms with E-state index in [-0.39, 0.29) is 17.6 Å². The average Bonchev–Trinajstić information content (AvgIpc) is 2.37. The number of amides is 1. The van der Waals surface area contributed by atoms with Crippen LogP contribution >= 0.6 is 11.6 Å². The monoisotopic (exact) mass is 296 g/mol. The summed E-state index contributed by atoms with van der Waals surface area (Å²) in [7, 11) is -3.14. The zero-order chi connectivity index (χ0) is 13.8. The molecule has 0 radical (unpaired) electrons. The molecule has 1 unspecified atom stereocenters. The summed E-state index contributed by atoms with van der Waals surface area (Å²) in [6.45, 7) is 5.34. The molecule has 0 aromatic carbocycles. The van der Waals surface area contributed by atoms with Gasteiger partial charge in [-0.3, -0.25) is 4.79 Å². The van der Waals surface area contributed by atoms with Crippen LogP contribution in [-0.2, 0) is 14.8 Å². The minimum absolute atomic E-state index is 0.0116. The number of rotatable bonds is 5. The van der Waals surface area contributed by atoms with Gasteiger partial charge < -0.3 is 4.90 Å². The molecule has 0 aliphatic carbocycles. The van der Waals surface area contributed by atoms with Crippen LogP contribution < -0.4 is 0 Å². The van der Waals surface area contributed by atoms with E-state index in [0.29, 0.717) is 38.5 Å². The number of sulfonamides is 1. The summed E-state index contributed by atoms with van der Waals surface area (Å²) in [5.41, 5.74) is 0. The van der Waals surface area contributed by atoms with Crippen molar-refractivity contribution in [2.75, 3.05) is 37.8 Å². The molecule has 0 spiro atoms. The van der Waals surface area contributed by atoms with Gasteiger partial charge >= 0.3 is 0 Å². The molecule has 18 heavy (non-hydrogen) atoms. The van der Waals surface area contributed by atoms with Crippen LogP contribution in [0, 0.1) is 5.92 Å². The fourth-order valence-corrected chi connectivity index (χ4v) is 3.58. The Bertz CT molecular complexity index is 378. The van der Waals surface area contributed by atoms with E-state index in [9.17, 15) is 13.2 Å². The van der Waals surface area contributed by atoms with Crippen molar-refractivity contribution in [2.45, 2.75) is 20.3 Å². The van der Waals surface area contributed by atoms with Gasteiger partial charge in [-0.05, 0) is 6.42 Å². The first kappa shape index (κ1) is 15.7. The van der Waals surface area contributed by atoms with E-state index < -0.39 is 10.0 Å². The number of hydrogen-bond acceptors (Lipinski definition) is 3. The number of halogens is 1. The van der Waals surface area contributed by atoms with Crippen molar-refractivity contribution in [3.8, 4) is 0 Å². The summed E-state index contributed by atoms with van der Waals surface area (Å²) >= 11 is 5.65. The van der Waals surface area contributed by atoms with Crippen LogP contribution in [0.4, 0.5) is 0 Å². The largest absolute Gasteiger partial charge is 0.340 e. The van der Waals surface area contributed by atoms with E-state index in [1.54, 1.807) is 11.8 Å². The zero-order valence-electron chi connectivity index (χ0n) is 10.9. The van der Waals surface area contributed by atoms with Crippen molar-refractivity contribution in [1.29, 1.82) is 0 Å². The van der Waals surface area contributed by atoms with Gasteiger partial charge in [-0.15, -0.1) is 11.6 Å². The third-order valence-electron chi connectivity index (χ3n) is 3.06. The Morgan fingerprint density at radius 3 is 2.28 bits per heavy atom. The second kappa shape index (κ2) is 6.73. The highest BCUT2D eigenvalue weighted by Crippen LogP contribution is 2.12. The molecule has 0 saturated carbocycles. The summed E-state index contributed by atoms with van der Waals surface area (Å²) in [6, 6.07) is 0. The minimum Gasteiger partial charge on any atom is -0.340 e. The maximum absolute atomic E-state index is 11.9. The Balaban J connectivity index is 2.54. The molecule has 1 aliphatic rings. The highest BCUT2D eigenvalue weighted by atomic mass is 35.5. The number of carbonyl (C=O) groups is 1. The van der Waals surface area contributed by atoms with Gasteiger partial charge in [0.1, 0.15) is 0 Å². The van der Waals surface area contributed by atoms with Gasteiger partial charge in [-0.25, -0.2) is 8.42 Å². The third-order valence-corrected chi connectivity index (χ3v) is 5.60. The molecular formula is C11H21ClN2O3S.